The van der Waals surface area contributed by atoms with Crippen LogP contribution in [0, 0.1) is 0 Å². The van der Waals surface area contributed by atoms with E-state index in [1.807, 2.05) is 0 Å². The zero-order valence-electron chi connectivity index (χ0n) is 14.4. The summed E-state index contributed by atoms with van der Waals surface area (Å²) >= 11 is 6.38. The minimum Gasteiger partial charge on any atom is -0.489 e. The molecule has 1 aromatic carbocycles. The fourth-order valence-electron chi connectivity index (χ4n) is 4.62. The Balaban J connectivity index is 1.17. The fraction of sp³-hybridized carbons (Fsp3) is 0.700. The lowest BCUT2D eigenvalue weighted by atomic mass is 9.94. The van der Waals surface area contributed by atoms with Gasteiger partial charge in [0.1, 0.15) is 11.9 Å². The highest BCUT2D eigenvalue weighted by atomic mass is 35.5. The first-order valence-electron chi connectivity index (χ1n) is 9.67. The zero-order valence-corrected chi connectivity index (χ0v) is 15.2. The first kappa shape index (κ1) is 16.4. The first-order valence-corrected chi connectivity index (χ1v) is 10.0. The van der Waals surface area contributed by atoms with E-state index in [1.165, 1.54) is 17.5 Å². The highest BCUT2D eigenvalue weighted by molar-refractivity contribution is 6.30. The largest absolute Gasteiger partial charge is 0.489 e. The molecule has 0 aromatic heterocycles. The van der Waals surface area contributed by atoms with Gasteiger partial charge in [-0.2, -0.15) is 0 Å². The minimum absolute atomic E-state index is 0.0124. The Morgan fingerprint density at radius 2 is 2.12 bits per heavy atom. The molecule has 136 valence electrons. The molecule has 0 spiro atoms. The van der Waals surface area contributed by atoms with Gasteiger partial charge in [-0.05, 0) is 56.2 Å². The number of epoxide rings is 1. The van der Waals surface area contributed by atoms with E-state index in [0.717, 1.165) is 62.5 Å². The second-order valence-corrected chi connectivity index (χ2v) is 8.10. The van der Waals surface area contributed by atoms with Crippen LogP contribution in [0.5, 0.6) is 5.75 Å². The first-order chi connectivity index (χ1) is 12.3. The maximum atomic E-state index is 6.38. The van der Waals surface area contributed by atoms with Crippen LogP contribution in [0.1, 0.15) is 55.6 Å². The number of hydrogen-bond acceptors (Lipinski definition) is 4. The standard InChI is InChI=1S/C20H25ClO4/c21-13-9-12(5-1-3-7-22-17-6-2-4-8-23-17)19-14(10-13)18-15(24-19)11-16-20(18)25-16/h9-10,15-18,20H,1-8,11H2/t15?,16-,17?,18?,20-/m1/s1. The summed E-state index contributed by atoms with van der Waals surface area (Å²) in [5, 5.41) is 0.814. The van der Waals surface area contributed by atoms with Gasteiger partial charge in [0, 0.05) is 30.2 Å². The number of unbranched alkanes of at least 4 members (excludes halogenated alkanes) is 1. The van der Waals surface area contributed by atoms with Crippen LogP contribution in [-0.4, -0.2) is 37.8 Å². The van der Waals surface area contributed by atoms with Gasteiger partial charge in [-0.3, -0.25) is 0 Å². The maximum absolute atomic E-state index is 6.38. The SMILES string of the molecule is Clc1cc(CCCCOC2CCCCO2)c2c(c1)C1C(C[C@H]3O[C@@H]13)O2. The zero-order chi connectivity index (χ0) is 16.8. The number of ether oxygens (including phenoxy) is 4. The maximum Gasteiger partial charge on any atom is 0.157 e. The third kappa shape index (κ3) is 3.18. The third-order valence-electron chi connectivity index (χ3n) is 5.91. The fourth-order valence-corrected chi connectivity index (χ4v) is 4.87. The molecule has 0 radical (unpaired) electrons. The van der Waals surface area contributed by atoms with E-state index in [9.17, 15) is 0 Å². The van der Waals surface area contributed by atoms with E-state index >= 15 is 0 Å². The smallest absolute Gasteiger partial charge is 0.157 e. The molecule has 3 heterocycles. The third-order valence-corrected chi connectivity index (χ3v) is 6.13. The van der Waals surface area contributed by atoms with Crippen LogP contribution in [0.15, 0.2) is 12.1 Å². The second kappa shape index (κ2) is 6.73. The number of hydrogen-bond donors (Lipinski definition) is 0. The van der Waals surface area contributed by atoms with Crippen molar-refractivity contribution in [1.82, 2.24) is 0 Å². The molecule has 1 aromatic rings. The van der Waals surface area contributed by atoms with Gasteiger partial charge in [0.05, 0.1) is 18.1 Å². The number of halogens is 1. The molecule has 5 rings (SSSR count). The van der Waals surface area contributed by atoms with Crippen molar-refractivity contribution in [2.45, 2.75) is 75.5 Å². The van der Waals surface area contributed by atoms with Crippen LogP contribution >= 0.6 is 11.6 Å². The van der Waals surface area contributed by atoms with Crippen molar-refractivity contribution in [3.63, 3.8) is 0 Å². The summed E-state index contributed by atoms with van der Waals surface area (Å²) in [6, 6.07) is 4.15. The Kier molecular flexibility index (Phi) is 4.41. The molecule has 2 saturated heterocycles. The molecule has 5 heteroatoms. The van der Waals surface area contributed by atoms with Crippen LogP contribution in [-0.2, 0) is 20.6 Å². The molecule has 4 nitrogen and oxygen atoms in total. The van der Waals surface area contributed by atoms with Crippen LogP contribution < -0.4 is 4.74 Å². The van der Waals surface area contributed by atoms with Crippen molar-refractivity contribution in [2.75, 3.05) is 13.2 Å². The van der Waals surface area contributed by atoms with Crippen LogP contribution in [0.25, 0.3) is 0 Å². The van der Waals surface area contributed by atoms with Gasteiger partial charge in [-0.25, -0.2) is 0 Å². The summed E-state index contributed by atoms with van der Waals surface area (Å²) in [5.41, 5.74) is 2.51. The molecule has 25 heavy (non-hydrogen) atoms. The van der Waals surface area contributed by atoms with E-state index in [1.54, 1.807) is 0 Å². The van der Waals surface area contributed by atoms with E-state index in [-0.39, 0.29) is 6.29 Å². The van der Waals surface area contributed by atoms with Gasteiger partial charge in [0.2, 0.25) is 0 Å². The number of aryl methyl sites for hydroxylation is 1. The van der Waals surface area contributed by atoms with Crippen LogP contribution in [0.2, 0.25) is 5.02 Å². The molecule has 5 atom stereocenters. The van der Waals surface area contributed by atoms with Crippen molar-refractivity contribution >= 4 is 11.6 Å². The summed E-state index contributed by atoms with van der Waals surface area (Å²) in [5.74, 6) is 1.47. The summed E-state index contributed by atoms with van der Waals surface area (Å²) in [6.45, 7) is 1.60. The van der Waals surface area contributed by atoms with E-state index < -0.39 is 0 Å². The van der Waals surface area contributed by atoms with E-state index in [2.05, 4.69) is 12.1 Å². The lowest BCUT2D eigenvalue weighted by Crippen LogP contribution is -2.22. The summed E-state index contributed by atoms with van der Waals surface area (Å²) in [7, 11) is 0. The molecule has 1 saturated carbocycles. The van der Waals surface area contributed by atoms with E-state index in [0.29, 0.717) is 24.2 Å². The minimum atomic E-state index is 0.0124. The quantitative estimate of drug-likeness (QED) is 0.559. The predicted octanol–water partition coefficient (Wildman–Crippen LogP) is 4.22. The Bertz CT molecular complexity index is 643. The molecule has 0 bridgehead atoms. The lowest BCUT2D eigenvalue weighted by molar-refractivity contribution is -0.162. The van der Waals surface area contributed by atoms with Gasteiger partial charge in [-0.15, -0.1) is 0 Å². The Morgan fingerprint density at radius 3 is 3.00 bits per heavy atom. The molecule has 0 N–H and O–H groups in total. The highest BCUT2D eigenvalue weighted by Crippen LogP contribution is 2.57. The Hall–Kier alpha value is -0.810. The van der Waals surface area contributed by atoms with Gasteiger partial charge in [-0.1, -0.05) is 11.6 Å². The normalized spacial score (nSPS) is 35.0. The van der Waals surface area contributed by atoms with Crippen LogP contribution in [0.3, 0.4) is 0 Å². The molecule has 3 fully saturated rings. The van der Waals surface area contributed by atoms with Gasteiger partial charge >= 0.3 is 0 Å². The summed E-state index contributed by atoms with van der Waals surface area (Å²) in [6.07, 6.45) is 8.60. The van der Waals surface area contributed by atoms with Crippen molar-refractivity contribution in [3.8, 4) is 5.75 Å². The molecule has 4 aliphatic rings. The van der Waals surface area contributed by atoms with Crippen LogP contribution in [0.4, 0.5) is 0 Å². The van der Waals surface area contributed by atoms with Gasteiger partial charge in [0.15, 0.2) is 6.29 Å². The van der Waals surface area contributed by atoms with Crippen molar-refractivity contribution in [3.05, 3.63) is 28.3 Å². The van der Waals surface area contributed by atoms with Crippen molar-refractivity contribution < 1.29 is 18.9 Å². The number of rotatable bonds is 6. The molecular formula is C20H25ClO4. The number of fused-ring (bicyclic) bond motifs is 5. The van der Waals surface area contributed by atoms with Crippen molar-refractivity contribution in [1.29, 1.82) is 0 Å². The van der Waals surface area contributed by atoms with Gasteiger partial charge < -0.3 is 18.9 Å². The number of benzene rings is 1. The second-order valence-electron chi connectivity index (χ2n) is 7.66. The Morgan fingerprint density at radius 1 is 1.16 bits per heavy atom. The monoisotopic (exact) mass is 364 g/mol. The topological polar surface area (TPSA) is 40.2 Å². The molecule has 3 unspecified atom stereocenters. The van der Waals surface area contributed by atoms with E-state index in [4.69, 9.17) is 30.5 Å². The van der Waals surface area contributed by atoms with Crippen molar-refractivity contribution in [2.24, 2.45) is 0 Å². The average molecular weight is 365 g/mol. The molecule has 0 amide bonds. The van der Waals surface area contributed by atoms with Gasteiger partial charge in [0.25, 0.3) is 0 Å². The lowest BCUT2D eigenvalue weighted by Gasteiger charge is -2.22. The highest BCUT2D eigenvalue weighted by Gasteiger charge is 2.60. The Labute approximate surface area is 153 Å². The predicted molar refractivity (Wildman–Crippen MR) is 94.4 cm³/mol. The molecular weight excluding hydrogens is 340 g/mol. The molecule has 1 aliphatic carbocycles. The average Bonchev–Trinajstić information content (AvgIpc) is 3.13. The molecule has 3 aliphatic heterocycles. The summed E-state index contributed by atoms with van der Waals surface area (Å²) < 4.78 is 23.4. The summed E-state index contributed by atoms with van der Waals surface area (Å²) in [4.78, 5) is 0.